The molecule has 0 saturated carbocycles. The van der Waals surface area contributed by atoms with Crippen molar-refractivity contribution in [1.29, 1.82) is 0 Å². The zero-order valence-corrected chi connectivity index (χ0v) is 14.3. The number of methoxy groups -OCH3 is 1. The molecular weight excluding hydrogens is 313 g/mol. The lowest BCUT2D eigenvalue weighted by molar-refractivity contribution is 0.0936. The second kappa shape index (κ2) is 6.82. The van der Waals surface area contributed by atoms with Crippen LogP contribution in [0.4, 0.5) is 4.39 Å². The maximum atomic E-state index is 13.8. The maximum absolute atomic E-state index is 13.8. The van der Waals surface area contributed by atoms with Gasteiger partial charge in [-0.25, -0.2) is 9.07 Å². The highest BCUT2D eigenvalue weighted by Crippen LogP contribution is 2.22. The largest absolute Gasteiger partial charge is 0.494 e. The van der Waals surface area contributed by atoms with Gasteiger partial charge in [-0.2, -0.15) is 5.10 Å². The van der Waals surface area contributed by atoms with Gasteiger partial charge in [0.2, 0.25) is 0 Å². The van der Waals surface area contributed by atoms with Crippen LogP contribution in [0.2, 0.25) is 0 Å². The summed E-state index contributed by atoms with van der Waals surface area (Å²) in [5, 5.41) is 6.77. The molecular formula is C17H20FN3O3. The number of carbonyl (C=O) groups is 1. The van der Waals surface area contributed by atoms with Crippen molar-refractivity contribution in [1.82, 2.24) is 15.1 Å². The predicted molar refractivity (Wildman–Crippen MR) is 87.8 cm³/mol. The molecule has 0 aliphatic carbocycles. The molecule has 0 aliphatic heterocycles. The number of aryl methyl sites for hydroxylation is 2. The summed E-state index contributed by atoms with van der Waals surface area (Å²) in [5.41, 5.74) is 1.28. The smallest absolute Gasteiger partial charge is 0.279 e. The molecule has 1 aromatic carbocycles. The van der Waals surface area contributed by atoms with Gasteiger partial charge >= 0.3 is 0 Å². The van der Waals surface area contributed by atoms with Gasteiger partial charge < -0.3 is 10.1 Å². The molecule has 2 rings (SSSR count). The van der Waals surface area contributed by atoms with Crippen molar-refractivity contribution in [3.63, 3.8) is 0 Å². The van der Waals surface area contributed by atoms with Crippen LogP contribution in [0.5, 0.6) is 5.75 Å². The molecule has 1 N–H and O–H groups in total. The Balaban J connectivity index is 2.30. The van der Waals surface area contributed by atoms with Gasteiger partial charge in [-0.15, -0.1) is 0 Å². The Hall–Kier alpha value is -2.70. The van der Waals surface area contributed by atoms with Gasteiger partial charge in [-0.3, -0.25) is 9.59 Å². The molecule has 1 amide bonds. The number of aromatic nitrogens is 2. The van der Waals surface area contributed by atoms with Crippen LogP contribution in [-0.2, 0) is 7.05 Å². The SMILES string of the molecule is COc1ccc(C(C)NC(=O)c2c(C)c(C)nn(C)c2=O)cc1F. The number of nitrogens with one attached hydrogen (secondary N) is 1. The number of halogens is 1. The Morgan fingerprint density at radius 2 is 2.04 bits per heavy atom. The number of benzene rings is 1. The van der Waals surface area contributed by atoms with Gasteiger partial charge in [0.25, 0.3) is 11.5 Å². The van der Waals surface area contributed by atoms with E-state index >= 15 is 0 Å². The van der Waals surface area contributed by atoms with E-state index in [0.29, 0.717) is 16.8 Å². The standard InChI is InChI=1S/C17H20FN3O3/c1-9-10(2)20-21(4)17(23)15(9)16(22)19-11(3)12-6-7-14(24-5)13(18)8-12/h6-8,11H,1-5H3,(H,19,22). The number of hydrogen-bond acceptors (Lipinski definition) is 4. The number of nitrogens with zero attached hydrogens (tertiary/aromatic N) is 2. The third-order valence-electron chi connectivity index (χ3n) is 3.98. The van der Waals surface area contributed by atoms with E-state index in [1.807, 2.05) is 0 Å². The Morgan fingerprint density at radius 3 is 2.62 bits per heavy atom. The first-order valence-corrected chi connectivity index (χ1v) is 7.45. The second-order valence-electron chi connectivity index (χ2n) is 5.60. The zero-order chi connectivity index (χ0) is 18.0. The van der Waals surface area contributed by atoms with Crippen molar-refractivity contribution in [2.75, 3.05) is 7.11 Å². The maximum Gasteiger partial charge on any atom is 0.279 e. The van der Waals surface area contributed by atoms with Gasteiger partial charge in [-0.1, -0.05) is 6.07 Å². The van der Waals surface area contributed by atoms with Crippen molar-refractivity contribution in [2.45, 2.75) is 26.8 Å². The molecule has 1 heterocycles. The molecule has 1 atom stereocenters. The highest BCUT2D eigenvalue weighted by Gasteiger charge is 2.20. The molecule has 24 heavy (non-hydrogen) atoms. The van der Waals surface area contributed by atoms with E-state index in [-0.39, 0.29) is 11.3 Å². The molecule has 0 aliphatic rings. The summed E-state index contributed by atoms with van der Waals surface area (Å²) in [6.07, 6.45) is 0. The first-order valence-electron chi connectivity index (χ1n) is 7.45. The lowest BCUT2D eigenvalue weighted by atomic mass is 10.1. The first kappa shape index (κ1) is 17.7. The Morgan fingerprint density at radius 1 is 1.38 bits per heavy atom. The summed E-state index contributed by atoms with van der Waals surface area (Å²) < 4.78 is 19.8. The van der Waals surface area contributed by atoms with Gasteiger partial charge in [0.1, 0.15) is 5.56 Å². The number of amides is 1. The average molecular weight is 333 g/mol. The van der Waals surface area contributed by atoms with Crippen LogP contribution in [0.25, 0.3) is 0 Å². The number of rotatable bonds is 4. The van der Waals surface area contributed by atoms with E-state index in [2.05, 4.69) is 10.4 Å². The average Bonchev–Trinajstić information content (AvgIpc) is 2.53. The molecule has 0 bridgehead atoms. The van der Waals surface area contributed by atoms with Crippen LogP contribution in [0.15, 0.2) is 23.0 Å². The molecule has 2 aromatic rings. The van der Waals surface area contributed by atoms with Gasteiger partial charge in [0.05, 0.1) is 18.8 Å². The fourth-order valence-corrected chi connectivity index (χ4v) is 2.42. The molecule has 0 saturated heterocycles. The van der Waals surface area contributed by atoms with Crippen LogP contribution < -0.4 is 15.6 Å². The lowest BCUT2D eigenvalue weighted by Crippen LogP contribution is -2.36. The van der Waals surface area contributed by atoms with Crippen LogP contribution >= 0.6 is 0 Å². The molecule has 1 aromatic heterocycles. The third kappa shape index (κ3) is 3.29. The van der Waals surface area contributed by atoms with E-state index in [0.717, 1.165) is 4.68 Å². The van der Waals surface area contributed by atoms with E-state index in [9.17, 15) is 14.0 Å². The Bertz CT molecular complexity index is 846. The molecule has 7 heteroatoms. The minimum Gasteiger partial charge on any atom is -0.494 e. The molecule has 6 nitrogen and oxygen atoms in total. The van der Waals surface area contributed by atoms with Crippen molar-refractivity contribution < 1.29 is 13.9 Å². The third-order valence-corrected chi connectivity index (χ3v) is 3.98. The fourth-order valence-electron chi connectivity index (χ4n) is 2.42. The van der Waals surface area contributed by atoms with E-state index < -0.39 is 23.3 Å². The van der Waals surface area contributed by atoms with E-state index in [1.54, 1.807) is 26.8 Å². The van der Waals surface area contributed by atoms with Gasteiger partial charge in [0, 0.05) is 7.05 Å². The molecule has 0 spiro atoms. The fraction of sp³-hybridized carbons (Fsp3) is 0.353. The van der Waals surface area contributed by atoms with Crippen molar-refractivity contribution in [3.8, 4) is 5.75 Å². The minimum atomic E-state index is -0.512. The molecule has 0 radical (unpaired) electrons. The normalized spacial score (nSPS) is 11.9. The van der Waals surface area contributed by atoms with Gasteiger partial charge in [0.15, 0.2) is 11.6 Å². The monoisotopic (exact) mass is 333 g/mol. The molecule has 128 valence electrons. The summed E-state index contributed by atoms with van der Waals surface area (Å²) in [7, 11) is 2.88. The highest BCUT2D eigenvalue weighted by molar-refractivity contribution is 5.95. The summed E-state index contributed by atoms with van der Waals surface area (Å²) >= 11 is 0. The van der Waals surface area contributed by atoms with Crippen LogP contribution in [0.1, 0.15) is 40.1 Å². The summed E-state index contributed by atoms with van der Waals surface area (Å²) in [5.74, 6) is -0.892. The molecule has 1 unspecified atom stereocenters. The number of ether oxygens (including phenoxy) is 1. The molecule has 0 fully saturated rings. The predicted octanol–water partition coefficient (Wildman–Crippen LogP) is 2.04. The highest BCUT2D eigenvalue weighted by atomic mass is 19.1. The summed E-state index contributed by atoms with van der Waals surface area (Å²) in [6, 6.07) is 3.98. The summed E-state index contributed by atoms with van der Waals surface area (Å²) in [4.78, 5) is 24.7. The summed E-state index contributed by atoms with van der Waals surface area (Å²) in [6.45, 7) is 5.12. The first-order chi connectivity index (χ1) is 11.3. The van der Waals surface area contributed by atoms with E-state index in [4.69, 9.17) is 4.74 Å². The Labute approximate surface area is 139 Å². The van der Waals surface area contributed by atoms with Crippen molar-refractivity contribution >= 4 is 5.91 Å². The zero-order valence-electron chi connectivity index (χ0n) is 14.3. The van der Waals surface area contributed by atoms with Crippen LogP contribution in [-0.4, -0.2) is 22.8 Å². The van der Waals surface area contributed by atoms with E-state index in [1.165, 1.54) is 26.3 Å². The second-order valence-corrected chi connectivity index (χ2v) is 5.60. The lowest BCUT2D eigenvalue weighted by Gasteiger charge is -2.16. The Kier molecular flexibility index (Phi) is 5.02. The van der Waals surface area contributed by atoms with Crippen LogP contribution in [0, 0.1) is 19.7 Å². The number of carbonyl (C=O) groups excluding carboxylic acids is 1. The topological polar surface area (TPSA) is 73.2 Å². The number of hydrogen-bond donors (Lipinski definition) is 1. The van der Waals surface area contributed by atoms with Crippen molar-refractivity contribution in [3.05, 3.63) is 56.8 Å². The van der Waals surface area contributed by atoms with Crippen LogP contribution in [0.3, 0.4) is 0 Å². The quantitative estimate of drug-likeness (QED) is 0.929. The minimum absolute atomic E-state index is 0.0471. The van der Waals surface area contributed by atoms with Crippen molar-refractivity contribution in [2.24, 2.45) is 7.05 Å². The van der Waals surface area contributed by atoms with Gasteiger partial charge in [-0.05, 0) is 44.0 Å².